The zero-order valence-corrected chi connectivity index (χ0v) is 48.6. The molecule has 3 heterocycles. The van der Waals surface area contributed by atoms with Crippen molar-refractivity contribution in [2.45, 2.75) is 169 Å². The lowest BCUT2D eigenvalue weighted by molar-refractivity contribution is -0.302. The normalized spacial score (nSPS) is 36.1. The molecule has 4 saturated carbocycles. The zero-order chi connectivity index (χ0) is 61.4. The van der Waals surface area contributed by atoms with Crippen LogP contribution in [0.25, 0.3) is 0 Å². The minimum atomic E-state index is -1.54. The van der Waals surface area contributed by atoms with Crippen LogP contribution in [0.2, 0.25) is 0 Å². The molecule has 30 heteroatoms. The van der Waals surface area contributed by atoms with Gasteiger partial charge in [-0.25, -0.2) is 0 Å². The third-order valence-electron chi connectivity index (χ3n) is 17.0. The first kappa shape index (κ1) is 71.5. The number of ether oxygens (including phenoxy) is 12. The van der Waals surface area contributed by atoms with Gasteiger partial charge in [-0.15, -0.1) is 0 Å². The number of aliphatic hydroxyl groups excluding tert-OH is 12. The molecule has 7 rings (SSSR count). The summed E-state index contributed by atoms with van der Waals surface area (Å²) in [5.74, 6) is 0.122. The fourth-order valence-corrected chi connectivity index (χ4v) is 13.3. The largest absolute Gasteiger partial charge is 0.394 e. The van der Waals surface area contributed by atoms with E-state index in [1.807, 2.05) is 0 Å². The van der Waals surface area contributed by atoms with Crippen LogP contribution in [0, 0.1) is 22.2 Å². The second-order valence-electron chi connectivity index (χ2n) is 23.4. The van der Waals surface area contributed by atoms with Crippen LogP contribution in [0.3, 0.4) is 0 Å². The number of hydrogen-bond donors (Lipinski definition) is 15. The highest BCUT2D eigenvalue weighted by molar-refractivity contribution is 5.76. The number of hydrogen-bond acceptors (Lipinski definition) is 27. The molecule has 4 bridgehead atoms. The summed E-state index contributed by atoms with van der Waals surface area (Å²) in [4.78, 5) is 40.0. The average Bonchev–Trinajstić information content (AvgIpc) is 0.914. The van der Waals surface area contributed by atoms with E-state index in [0.29, 0.717) is 64.1 Å². The molecule has 7 aliphatic rings. The van der Waals surface area contributed by atoms with E-state index in [1.54, 1.807) is 0 Å². The smallest absolute Gasteiger partial charge is 0.220 e. The van der Waals surface area contributed by atoms with Gasteiger partial charge in [0.1, 0.15) is 73.2 Å². The zero-order valence-electron chi connectivity index (χ0n) is 48.6. The van der Waals surface area contributed by atoms with Crippen molar-refractivity contribution >= 4 is 17.7 Å². The van der Waals surface area contributed by atoms with Crippen molar-refractivity contribution in [2.24, 2.45) is 22.2 Å². The molecule has 7 fully saturated rings. The maximum absolute atomic E-state index is 13.3. The molecule has 0 aromatic carbocycles. The van der Waals surface area contributed by atoms with E-state index in [-0.39, 0.29) is 133 Å². The quantitative estimate of drug-likeness (QED) is 0.0253. The summed E-state index contributed by atoms with van der Waals surface area (Å²) in [6.07, 6.45) is -11.9. The summed E-state index contributed by atoms with van der Waals surface area (Å²) >= 11 is 0. The van der Waals surface area contributed by atoms with Crippen LogP contribution < -0.4 is 16.0 Å². The molecule has 494 valence electrons. The predicted molar refractivity (Wildman–Crippen MR) is 289 cm³/mol. The van der Waals surface area contributed by atoms with Crippen molar-refractivity contribution in [3.63, 3.8) is 0 Å². The first-order valence-electron chi connectivity index (χ1n) is 29.9. The molecule has 3 amide bonds. The second kappa shape index (κ2) is 36.3. The lowest BCUT2D eigenvalue weighted by Gasteiger charge is -2.67. The first-order chi connectivity index (χ1) is 40.9. The monoisotopic (exact) mass is 1230 g/mol. The van der Waals surface area contributed by atoms with E-state index in [2.05, 4.69) is 16.0 Å². The standard InChI is InChI=1S/C55H97N3O27/c59-28-35-41(65)44(68)47(71)50(83-35)80-22-19-77-16-13-74-10-7-56-38(62)1-4-53-25-34-26-54(31-53,5-2-39(63)57-8-11-75-14-17-78-20-23-81-51-48(72)45(69)42(66)36(29-60)84-51)33-55(27-34,32-53)6-3-40(64)58-9-12-76-15-18-79-21-24-82-52-49(73)46(70)43(67)37(30-61)85-52/h34-37,41-52,59-61,65-73H,1-33H2,(H,56,62)(H,57,63)(H,58,64)/t34?,35-,36-,37-,41-,42-,43-,44+,45+,46+,47+,48+,49+,50+,51+,52+,53?,54?,55?/m1/s1. The van der Waals surface area contributed by atoms with Gasteiger partial charge in [0.05, 0.1) is 119 Å². The highest BCUT2D eigenvalue weighted by Gasteiger charge is 2.62. The summed E-state index contributed by atoms with van der Waals surface area (Å²) < 4.78 is 65.7. The van der Waals surface area contributed by atoms with E-state index in [0.717, 1.165) is 38.5 Å². The van der Waals surface area contributed by atoms with Crippen LogP contribution in [0.4, 0.5) is 0 Å². The molecule has 4 aliphatic carbocycles. The lowest BCUT2D eigenvalue weighted by Crippen LogP contribution is -2.59. The highest BCUT2D eigenvalue weighted by Crippen LogP contribution is 2.73. The van der Waals surface area contributed by atoms with Gasteiger partial charge in [0.15, 0.2) is 18.9 Å². The minimum Gasteiger partial charge on any atom is -0.394 e. The third-order valence-corrected chi connectivity index (χ3v) is 17.0. The minimum absolute atomic E-state index is 0.00627. The fraction of sp³-hybridized carbons (Fsp3) is 0.945. The summed E-state index contributed by atoms with van der Waals surface area (Å²) in [6, 6.07) is 0. The molecule has 0 aromatic rings. The molecule has 0 radical (unpaired) electrons. The van der Waals surface area contributed by atoms with E-state index in [1.165, 1.54) is 0 Å². The van der Waals surface area contributed by atoms with Crippen molar-refractivity contribution in [3.05, 3.63) is 0 Å². The number of amides is 3. The van der Waals surface area contributed by atoms with Gasteiger partial charge in [-0.3, -0.25) is 14.4 Å². The Kier molecular flexibility index (Phi) is 30.6. The molecule has 0 aromatic heterocycles. The van der Waals surface area contributed by atoms with Crippen LogP contribution in [0.15, 0.2) is 0 Å². The molecule has 3 aliphatic heterocycles. The Morgan fingerprint density at radius 1 is 0.353 bits per heavy atom. The molecule has 30 nitrogen and oxygen atoms in total. The maximum atomic E-state index is 13.3. The van der Waals surface area contributed by atoms with Crippen molar-refractivity contribution in [3.8, 4) is 0 Å². The van der Waals surface area contributed by atoms with Gasteiger partial charge in [0.2, 0.25) is 17.7 Å². The predicted octanol–water partition coefficient (Wildman–Crippen LogP) is -5.82. The number of carbonyl (C=O) groups excluding carboxylic acids is 3. The van der Waals surface area contributed by atoms with E-state index in [4.69, 9.17) is 56.8 Å². The summed E-state index contributed by atoms with van der Waals surface area (Å²) in [5, 5.41) is 127. The van der Waals surface area contributed by atoms with Gasteiger partial charge in [-0.05, 0) is 80.0 Å². The maximum Gasteiger partial charge on any atom is 0.220 e. The Hall–Kier alpha value is -2.55. The number of aliphatic hydroxyl groups is 12. The van der Waals surface area contributed by atoms with Crippen molar-refractivity contribution in [1.29, 1.82) is 0 Å². The van der Waals surface area contributed by atoms with Crippen molar-refractivity contribution in [2.75, 3.05) is 139 Å². The summed E-state index contributed by atoms with van der Waals surface area (Å²) in [5.41, 5.74) is -0.393. The van der Waals surface area contributed by atoms with Crippen LogP contribution >= 0.6 is 0 Å². The van der Waals surface area contributed by atoms with Gasteiger partial charge < -0.3 is 134 Å². The van der Waals surface area contributed by atoms with Crippen LogP contribution in [0.5, 0.6) is 0 Å². The van der Waals surface area contributed by atoms with Gasteiger partial charge in [0, 0.05) is 38.9 Å². The van der Waals surface area contributed by atoms with Crippen LogP contribution in [0.1, 0.15) is 77.0 Å². The van der Waals surface area contributed by atoms with E-state index in [9.17, 15) is 75.7 Å². The summed E-state index contributed by atoms with van der Waals surface area (Å²) in [6.45, 7) is 1.74. The van der Waals surface area contributed by atoms with Gasteiger partial charge in [-0.1, -0.05) is 0 Å². The molecule has 85 heavy (non-hydrogen) atoms. The SMILES string of the molecule is O=C(CCC12CC3CC(CCC(=O)NCCOCCOCCO[C@H]4O[C@H](CO)[C@@H](O)[C@H](O)[C@@H]4O)(C1)CC(CCC(=O)NCCOCCOCCO[C@H]1O[C@H](CO)[C@@H](O)[C@H](O)[C@@H]1O)(C3)C2)NCCOCCOCCO[C@H]1O[C@H](CO)[C@@H](O)[C@H](O)[C@@H]1O. The Bertz CT molecular complexity index is 1710. The Morgan fingerprint density at radius 2 is 0.600 bits per heavy atom. The third kappa shape index (κ3) is 21.8. The molecular weight excluding hydrogens is 1130 g/mol. The molecule has 3 saturated heterocycles. The molecule has 15 N–H and O–H groups in total. The molecule has 0 spiro atoms. The van der Waals surface area contributed by atoms with Gasteiger partial charge >= 0.3 is 0 Å². The van der Waals surface area contributed by atoms with Crippen molar-refractivity contribution < 1.29 is 133 Å². The number of nitrogens with one attached hydrogen (secondary N) is 3. The van der Waals surface area contributed by atoms with Gasteiger partial charge in [-0.2, -0.15) is 0 Å². The Labute approximate surface area is 494 Å². The van der Waals surface area contributed by atoms with Crippen LogP contribution in [-0.4, -0.2) is 310 Å². The molecule has 15 atom stereocenters. The number of carbonyl (C=O) groups is 3. The summed E-state index contributed by atoms with van der Waals surface area (Å²) in [7, 11) is 0. The van der Waals surface area contributed by atoms with Crippen LogP contribution in [-0.2, 0) is 71.2 Å². The Morgan fingerprint density at radius 3 is 0.859 bits per heavy atom. The van der Waals surface area contributed by atoms with E-state index < -0.39 is 112 Å². The number of rotatable bonds is 42. The lowest BCUT2D eigenvalue weighted by atomic mass is 9.37. The molecular formula is C55H97N3O27. The van der Waals surface area contributed by atoms with Crippen molar-refractivity contribution in [1.82, 2.24) is 16.0 Å². The molecule has 0 unspecified atom stereocenters. The first-order valence-corrected chi connectivity index (χ1v) is 29.9. The van der Waals surface area contributed by atoms with Gasteiger partial charge in [0.25, 0.3) is 0 Å². The topological polar surface area (TPSA) is 441 Å². The average molecular weight is 1230 g/mol. The highest BCUT2D eigenvalue weighted by atomic mass is 16.7. The second-order valence-corrected chi connectivity index (χ2v) is 23.4. The van der Waals surface area contributed by atoms with E-state index >= 15 is 0 Å². The fourth-order valence-electron chi connectivity index (χ4n) is 13.3. The Balaban J connectivity index is 0.877.